The van der Waals surface area contributed by atoms with Crippen molar-refractivity contribution in [3.05, 3.63) is 65.5 Å². The number of fused-ring (bicyclic) bond motifs is 1. The van der Waals surface area contributed by atoms with Crippen LogP contribution in [0.25, 0.3) is 10.9 Å². The fourth-order valence-electron chi connectivity index (χ4n) is 2.26. The van der Waals surface area contributed by atoms with E-state index in [1.807, 2.05) is 0 Å². The molecular weight excluding hydrogens is 317 g/mol. The highest BCUT2D eigenvalue weighted by atomic mass is 19.4. The zero-order valence-corrected chi connectivity index (χ0v) is 12.3. The second-order valence-electron chi connectivity index (χ2n) is 5.11. The van der Waals surface area contributed by atoms with Crippen LogP contribution in [0.5, 0.6) is 0 Å². The molecule has 7 heteroatoms. The van der Waals surface area contributed by atoms with E-state index >= 15 is 0 Å². The molecule has 3 rings (SSSR count). The maximum atomic E-state index is 12.6. The van der Waals surface area contributed by atoms with Gasteiger partial charge in [-0.3, -0.25) is 0 Å². The van der Waals surface area contributed by atoms with Crippen LogP contribution in [0, 0.1) is 11.3 Å². The first-order valence-corrected chi connectivity index (χ1v) is 7.02. The Balaban J connectivity index is 1.82. The number of halogens is 3. The largest absolute Gasteiger partial charge is 0.416 e. The number of hydrogen-bond donors (Lipinski definition) is 1. The second-order valence-corrected chi connectivity index (χ2v) is 5.11. The molecule has 0 amide bonds. The topological polar surface area (TPSA) is 61.6 Å². The second kappa shape index (κ2) is 6.16. The smallest absolute Gasteiger partial charge is 0.365 e. The normalized spacial score (nSPS) is 11.2. The summed E-state index contributed by atoms with van der Waals surface area (Å²) >= 11 is 0. The standard InChI is InChI=1S/C17H11F3N4/c18-17(19,20)13-4-1-11(2-5-13)9-22-16-14-7-12(8-21)3-6-15(14)23-10-24-16/h1-7,10H,9H2,(H,22,23,24). The summed E-state index contributed by atoms with van der Waals surface area (Å²) in [6, 6.07) is 12.0. The van der Waals surface area contributed by atoms with Gasteiger partial charge in [0.1, 0.15) is 12.1 Å². The van der Waals surface area contributed by atoms with Crippen molar-refractivity contribution in [1.82, 2.24) is 9.97 Å². The average molecular weight is 328 g/mol. The molecule has 1 heterocycles. The number of nitriles is 1. The van der Waals surface area contributed by atoms with Crippen molar-refractivity contribution >= 4 is 16.7 Å². The maximum absolute atomic E-state index is 12.6. The Hall–Kier alpha value is -3.14. The van der Waals surface area contributed by atoms with E-state index in [-0.39, 0.29) is 0 Å². The third kappa shape index (κ3) is 3.27. The van der Waals surface area contributed by atoms with Gasteiger partial charge < -0.3 is 5.32 Å². The summed E-state index contributed by atoms with van der Waals surface area (Å²) in [5.41, 5.74) is 1.16. The summed E-state index contributed by atoms with van der Waals surface area (Å²) in [4.78, 5) is 8.27. The molecule has 0 radical (unpaired) electrons. The number of alkyl halides is 3. The number of benzene rings is 2. The molecule has 2 aromatic carbocycles. The molecule has 1 aromatic heterocycles. The lowest BCUT2D eigenvalue weighted by Crippen LogP contribution is -2.06. The lowest BCUT2D eigenvalue weighted by atomic mass is 10.1. The lowest BCUT2D eigenvalue weighted by molar-refractivity contribution is -0.137. The molecule has 0 atom stereocenters. The highest BCUT2D eigenvalue weighted by Gasteiger charge is 2.29. The van der Waals surface area contributed by atoms with Gasteiger partial charge in [-0.05, 0) is 35.9 Å². The molecule has 3 aromatic rings. The summed E-state index contributed by atoms with van der Waals surface area (Å²) in [7, 11) is 0. The van der Waals surface area contributed by atoms with Crippen molar-refractivity contribution in [3.63, 3.8) is 0 Å². The highest BCUT2D eigenvalue weighted by Crippen LogP contribution is 2.29. The SMILES string of the molecule is N#Cc1ccc2ncnc(NCc3ccc(C(F)(F)F)cc3)c2c1. The first-order valence-electron chi connectivity index (χ1n) is 7.02. The third-order valence-corrected chi connectivity index (χ3v) is 3.51. The highest BCUT2D eigenvalue weighted by molar-refractivity contribution is 5.89. The first-order chi connectivity index (χ1) is 11.5. The minimum absolute atomic E-state index is 0.307. The van der Waals surface area contributed by atoms with Gasteiger partial charge in [-0.25, -0.2) is 9.97 Å². The molecule has 0 aliphatic heterocycles. The summed E-state index contributed by atoms with van der Waals surface area (Å²) in [6.07, 6.45) is -2.95. The van der Waals surface area contributed by atoms with Crippen LogP contribution in [0.15, 0.2) is 48.8 Å². The number of nitrogens with zero attached hydrogens (tertiary/aromatic N) is 3. The summed E-state index contributed by atoms with van der Waals surface area (Å²) in [5.74, 6) is 0.525. The van der Waals surface area contributed by atoms with E-state index in [2.05, 4.69) is 21.4 Å². The first kappa shape index (κ1) is 15.7. The molecule has 4 nitrogen and oxygen atoms in total. The number of aromatic nitrogens is 2. The van der Waals surface area contributed by atoms with E-state index in [4.69, 9.17) is 5.26 Å². The molecule has 120 valence electrons. The molecule has 1 N–H and O–H groups in total. The van der Waals surface area contributed by atoms with E-state index in [1.165, 1.54) is 18.5 Å². The van der Waals surface area contributed by atoms with E-state index in [1.54, 1.807) is 18.2 Å². The van der Waals surface area contributed by atoms with E-state index in [9.17, 15) is 13.2 Å². The number of nitrogens with one attached hydrogen (secondary N) is 1. The summed E-state index contributed by atoms with van der Waals surface area (Å²) in [6.45, 7) is 0.307. The molecule has 0 aliphatic rings. The molecule has 0 spiro atoms. The molecule has 0 unspecified atom stereocenters. The van der Waals surface area contributed by atoms with Gasteiger partial charge in [-0.2, -0.15) is 18.4 Å². The lowest BCUT2D eigenvalue weighted by Gasteiger charge is -2.10. The quantitative estimate of drug-likeness (QED) is 0.785. The van der Waals surface area contributed by atoms with Crippen molar-refractivity contribution in [2.24, 2.45) is 0 Å². The molecular formula is C17H11F3N4. The van der Waals surface area contributed by atoms with Crippen LogP contribution < -0.4 is 5.32 Å². The predicted octanol–water partition coefficient (Wildman–Crippen LogP) is 4.13. The Morgan fingerprint density at radius 1 is 1.04 bits per heavy atom. The zero-order chi connectivity index (χ0) is 17.2. The summed E-state index contributed by atoms with van der Waals surface area (Å²) < 4.78 is 37.7. The number of anilines is 1. The Labute approximate surface area is 135 Å². The van der Waals surface area contributed by atoms with Crippen molar-refractivity contribution in [1.29, 1.82) is 5.26 Å². The average Bonchev–Trinajstić information content (AvgIpc) is 2.59. The van der Waals surface area contributed by atoms with Gasteiger partial charge in [0.25, 0.3) is 0 Å². The monoisotopic (exact) mass is 328 g/mol. The predicted molar refractivity (Wildman–Crippen MR) is 83.0 cm³/mol. The Kier molecular flexibility index (Phi) is 4.04. The Morgan fingerprint density at radius 3 is 2.46 bits per heavy atom. The molecule has 0 saturated heterocycles. The van der Waals surface area contributed by atoms with Gasteiger partial charge in [0, 0.05) is 11.9 Å². The van der Waals surface area contributed by atoms with Crippen molar-refractivity contribution in [2.45, 2.75) is 12.7 Å². The van der Waals surface area contributed by atoms with Crippen molar-refractivity contribution in [3.8, 4) is 6.07 Å². The van der Waals surface area contributed by atoms with Gasteiger partial charge >= 0.3 is 6.18 Å². The van der Waals surface area contributed by atoms with Crippen LogP contribution in [0.2, 0.25) is 0 Å². The Bertz CT molecular complexity index is 912. The Morgan fingerprint density at radius 2 is 1.79 bits per heavy atom. The molecule has 24 heavy (non-hydrogen) atoms. The van der Waals surface area contributed by atoms with Crippen LogP contribution in [-0.2, 0) is 12.7 Å². The molecule has 0 bridgehead atoms. The minimum Gasteiger partial charge on any atom is -0.365 e. The van der Waals surface area contributed by atoms with Gasteiger partial charge in [0.05, 0.1) is 22.7 Å². The zero-order valence-electron chi connectivity index (χ0n) is 12.3. The van der Waals surface area contributed by atoms with Gasteiger partial charge in [-0.15, -0.1) is 0 Å². The summed E-state index contributed by atoms with van der Waals surface area (Å²) in [5, 5.41) is 12.7. The number of rotatable bonds is 3. The van der Waals surface area contributed by atoms with Crippen LogP contribution >= 0.6 is 0 Å². The van der Waals surface area contributed by atoms with Crippen molar-refractivity contribution in [2.75, 3.05) is 5.32 Å². The fraction of sp³-hybridized carbons (Fsp3) is 0.118. The molecule has 0 fully saturated rings. The molecule has 0 aliphatic carbocycles. The van der Waals surface area contributed by atoms with E-state index in [0.29, 0.717) is 34.4 Å². The molecule has 0 saturated carbocycles. The van der Waals surface area contributed by atoms with Crippen LogP contribution in [0.3, 0.4) is 0 Å². The third-order valence-electron chi connectivity index (χ3n) is 3.51. The van der Waals surface area contributed by atoms with Gasteiger partial charge in [0.15, 0.2) is 0 Å². The van der Waals surface area contributed by atoms with Crippen LogP contribution in [0.1, 0.15) is 16.7 Å². The maximum Gasteiger partial charge on any atom is 0.416 e. The van der Waals surface area contributed by atoms with E-state index < -0.39 is 11.7 Å². The van der Waals surface area contributed by atoms with E-state index in [0.717, 1.165) is 12.1 Å². The van der Waals surface area contributed by atoms with Gasteiger partial charge in [-0.1, -0.05) is 12.1 Å². The number of hydrogen-bond acceptors (Lipinski definition) is 4. The van der Waals surface area contributed by atoms with Crippen LogP contribution in [-0.4, -0.2) is 9.97 Å². The fourth-order valence-corrected chi connectivity index (χ4v) is 2.26. The van der Waals surface area contributed by atoms with Crippen LogP contribution in [0.4, 0.5) is 19.0 Å². The van der Waals surface area contributed by atoms with Crippen molar-refractivity contribution < 1.29 is 13.2 Å². The van der Waals surface area contributed by atoms with Gasteiger partial charge in [0.2, 0.25) is 0 Å². The minimum atomic E-state index is -4.34.